The average molecular weight is 694 g/mol. The third kappa shape index (κ3) is 6.24. The SMILES string of the molecule is CC[C@@H]1C=C[C@H]2CCN(C(=O)[C@@H]3CC[C@H]4C=C[C@]5(CCCN5C(=O)[C@H](Cc5ccccc5Cl)NC(C)=O)C(=O)N43)[C@@H]2C(=O)N1CC(=O)OC. The van der Waals surface area contributed by atoms with E-state index in [2.05, 4.69) is 5.32 Å². The topological polar surface area (TPSA) is 137 Å². The van der Waals surface area contributed by atoms with Gasteiger partial charge in [0, 0.05) is 37.4 Å². The van der Waals surface area contributed by atoms with Crippen molar-refractivity contribution in [1.82, 2.24) is 24.9 Å². The van der Waals surface area contributed by atoms with E-state index in [1.807, 2.05) is 37.3 Å². The summed E-state index contributed by atoms with van der Waals surface area (Å²) in [6, 6.07) is 3.97. The molecule has 3 fully saturated rings. The quantitative estimate of drug-likeness (QED) is 0.326. The second kappa shape index (κ2) is 14.0. The minimum atomic E-state index is -1.30. The molecular weight excluding hydrogens is 650 g/mol. The number of carbonyl (C=O) groups excluding carboxylic acids is 6. The average Bonchev–Trinajstić information content (AvgIpc) is 3.81. The normalized spacial score (nSPS) is 29.6. The second-order valence-electron chi connectivity index (χ2n) is 13.6. The summed E-state index contributed by atoms with van der Waals surface area (Å²) >= 11 is 6.41. The van der Waals surface area contributed by atoms with E-state index in [0.717, 1.165) is 0 Å². The number of hydrogen-bond acceptors (Lipinski definition) is 7. The number of nitrogens with zero attached hydrogens (tertiary/aromatic N) is 4. The highest BCUT2D eigenvalue weighted by molar-refractivity contribution is 6.31. The lowest BCUT2D eigenvalue weighted by Crippen LogP contribution is -2.65. The number of fused-ring (bicyclic) bond motifs is 2. The fraction of sp³-hybridized carbons (Fsp3) is 0.556. The molecular formula is C36H44ClN5O7. The maximum absolute atomic E-state index is 14.7. The molecule has 12 nitrogen and oxygen atoms in total. The number of hydrogen-bond donors (Lipinski definition) is 1. The number of rotatable bonds is 8. The van der Waals surface area contributed by atoms with Crippen LogP contribution in [0.2, 0.25) is 5.02 Å². The molecule has 0 aliphatic carbocycles. The van der Waals surface area contributed by atoms with Crippen LogP contribution in [0.4, 0.5) is 0 Å². The van der Waals surface area contributed by atoms with Gasteiger partial charge < -0.3 is 29.7 Å². The number of amides is 5. The van der Waals surface area contributed by atoms with E-state index in [-0.39, 0.29) is 60.5 Å². The Morgan fingerprint density at radius 2 is 1.84 bits per heavy atom. The lowest BCUT2D eigenvalue weighted by Gasteiger charge is -2.45. The van der Waals surface area contributed by atoms with Crippen molar-refractivity contribution >= 4 is 47.1 Å². The molecule has 5 heterocycles. The van der Waals surface area contributed by atoms with E-state index in [9.17, 15) is 28.8 Å². The van der Waals surface area contributed by atoms with Gasteiger partial charge in [-0.2, -0.15) is 0 Å². The van der Waals surface area contributed by atoms with E-state index in [1.165, 1.54) is 18.9 Å². The van der Waals surface area contributed by atoms with E-state index >= 15 is 0 Å². The number of benzene rings is 1. The van der Waals surface area contributed by atoms with Crippen LogP contribution < -0.4 is 5.32 Å². The molecule has 0 aromatic heterocycles. The van der Waals surface area contributed by atoms with Crippen molar-refractivity contribution in [3.8, 4) is 0 Å². The highest BCUT2D eigenvalue weighted by Crippen LogP contribution is 2.42. The Labute approximate surface area is 291 Å². The molecule has 0 unspecified atom stereocenters. The van der Waals surface area contributed by atoms with Crippen molar-refractivity contribution in [2.75, 3.05) is 26.7 Å². The van der Waals surface area contributed by atoms with E-state index in [4.69, 9.17) is 16.3 Å². The second-order valence-corrected chi connectivity index (χ2v) is 14.0. The smallest absolute Gasteiger partial charge is 0.325 e. The molecule has 1 spiro atoms. The molecule has 0 saturated carbocycles. The standard InChI is InChI=1S/C36H44ClN5O7/c1-4-25-11-10-23-15-19-39(31(23)34(47)40(25)21-30(44)49-3)33(46)29-13-12-26-14-17-36(35(48)42(26)29)16-7-18-41(36)32(45)28(38-22(2)43)20-24-8-5-6-9-27(24)37/h5-6,8-11,14,17,23,25-26,28-29,31H,4,7,12-13,15-16,18-21H2,1-3H3,(H,38,43)/t23-,25+,26-,28-,29-,31-,36+/m0/s1. The van der Waals surface area contributed by atoms with Gasteiger partial charge in [-0.3, -0.25) is 28.8 Å². The Kier molecular flexibility index (Phi) is 9.88. The molecule has 262 valence electrons. The first kappa shape index (κ1) is 34.7. The summed E-state index contributed by atoms with van der Waals surface area (Å²) < 4.78 is 4.87. The molecule has 13 heteroatoms. The summed E-state index contributed by atoms with van der Waals surface area (Å²) in [5.41, 5.74) is -0.601. The van der Waals surface area contributed by atoms with Gasteiger partial charge in [0.15, 0.2) is 0 Å². The number of esters is 1. The number of carbonyl (C=O) groups is 6. The fourth-order valence-electron chi connectivity index (χ4n) is 8.42. The van der Waals surface area contributed by atoms with Crippen molar-refractivity contribution < 1.29 is 33.5 Å². The lowest BCUT2D eigenvalue weighted by atomic mass is 9.88. The zero-order valence-electron chi connectivity index (χ0n) is 28.2. The van der Waals surface area contributed by atoms with Crippen LogP contribution in [0, 0.1) is 5.92 Å². The molecule has 49 heavy (non-hydrogen) atoms. The molecule has 3 saturated heterocycles. The van der Waals surface area contributed by atoms with Gasteiger partial charge in [-0.05, 0) is 50.2 Å². The highest BCUT2D eigenvalue weighted by Gasteiger charge is 2.58. The Balaban J connectivity index is 1.25. The molecule has 0 bridgehead atoms. The third-order valence-electron chi connectivity index (χ3n) is 10.8. The summed E-state index contributed by atoms with van der Waals surface area (Å²) in [6.45, 7) is 3.73. The summed E-state index contributed by atoms with van der Waals surface area (Å²) in [5, 5.41) is 3.25. The highest BCUT2D eigenvalue weighted by atomic mass is 35.5. The van der Waals surface area contributed by atoms with E-state index in [0.29, 0.717) is 62.2 Å². The predicted molar refractivity (Wildman–Crippen MR) is 180 cm³/mol. The molecule has 1 aromatic rings. The zero-order valence-corrected chi connectivity index (χ0v) is 28.9. The molecule has 5 aliphatic heterocycles. The van der Waals surface area contributed by atoms with Gasteiger partial charge in [-0.15, -0.1) is 0 Å². The van der Waals surface area contributed by atoms with E-state index < -0.39 is 29.6 Å². The van der Waals surface area contributed by atoms with Crippen LogP contribution in [0.15, 0.2) is 48.6 Å². The first-order valence-electron chi connectivity index (χ1n) is 17.2. The first-order valence-corrected chi connectivity index (χ1v) is 17.6. The van der Waals surface area contributed by atoms with Crippen LogP contribution >= 0.6 is 11.6 Å². The minimum Gasteiger partial charge on any atom is -0.468 e. The lowest BCUT2D eigenvalue weighted by molar-refractivity contribution is -0.157. The van der Waals surface area contributed by atoms with Gasteiger partial charge in [0.05, 0.1) is 19.2 Å². The third-order valence-corrected chi connectivity index (χ3v) is 11.2. The zero-order chi connectivity index (χ0) is 35.0. The minimum absolute atomic E-state index is 0.155. The first-order chi connectivity index (χ1) is 23.5. The maximum Gasteiger partial charge on any atom is 0.325 e. The van der Waals surface area contributed by atoms with Crippen LogP contribution in [0.25, 0.3) is 0 Å². The van der Waals surface area contributed by atoms with Gasteiger partial charge in [0.25, 0.3) is 5.91 Å². The van der Waals surface area contributed by atoms with Gasteiger partial charge in [-0.25, -0.2) is 0 Å². The molecule has 6 rings (SSSR count). The van der Waals surface area contributed by atoms with Gasteiger partial charge >= 0.3 is 5.97 Å². The predicted octanol–water partition coefficient (Wildman–Crippen LogP) is 2.24. The summed E-state index contributed by atoms with van der Waals surface area (Å²) in [6.07, 6.45) is 11.0. The molecule has 0 radical (unpaired) electrons. The summed E-state index contributed by atoms with van der Waals surface area (Å²) in [5.74, 6) is -2.43. The van der Waals surface area contributed by atoms with Crippen LogP contribution in [0.5, 0.6) is 0 Å². The number of methoxy groups -OCH3 is 1. The van der Waals surface area contributed by atoms with Crippen LogP contribution in [0.1, 0.15) is 57.9 Å². The Hall–Kier alpha value is -4.19. The van der Waals surface area contributed by atoms with Crippen molar-refractivity contribution in [3.05, 3.63) is 59.2 Å². The van der Waals surface area contributed by atoms with Crippen LogP contribution in [-0.4, -0.2) is 118 Å². The summed E-state index contributed by atoms with van der Waals surface area (Å²) in [4.78, 5) is 88.2. The summed E-state index contributed by atoms with van der Waals surface area (Å²) in [7, 11) is 1.28. The molecule has 1 N–H and O–H groups in total. The van der Waals surface area contributed by atoms with Crippen molar-refractivity contribution in [2.45, 2.75) is 94.5 Å². The molecule has 5 amide bonds. The van der Waals surface area contributed by atoms with Crippen molar-refractivity contribution in [2.24, 2.45) is 5.92 Å². The number of likely N-dealkylation sites (tertiary alicyclic amines) is 2. The van der Waals surface area contributed by atoms with Crippen LogP contribution in [0.3, 0.4) is 0 Å². The Morgan fingerprint density at radius 3 is 2.55 bits per heavy atom. The molecule has 5 aliphatic rings. The largest absolute Gasteiger partial charge is 0.468 e. The van der Waals surface area contributed by atoms with Gasteiger partial charge in [0.1, 0.15) is 30.2 Å². The van der Waals surface area contributed by atoms with Crippen molar-refractivity contribution in [3.63, 3.8) is 0 Å². The maximum atomic E-state index is 14.7. The number of nitrogens with one attached hydrogen (secondary N) is 1. The van der Waals surface area contributed by atoms with Gasteiger partial charge in [0.2, 0.25) is 23.6 Å². The van der Waals surface area contributed by atoms with Crippen LogP contribution in [-0.2, 0) is 39.9 Å². The van der Waals surface area contributed by atoms with Gasteiger partial charge in [-0.1, -0.05) is 61.0 Å². The Bertz CT molecular complexity index is 1600. The molecule has 7 atom stereocenters. The fourth-order valence-corrected chi connectivity index (χ4v) is 8.64. The number of ether oxygens (including phenoxy) is 1. The monoisotopic (exact) mass is 693 g/mol. The van der Waals surface area contributed by atoms with E-state index in [1.54, 1.807) is 32.9 Å². The Morgan fingerprint density at radius 1 is 1.06 bits per heavy atom. The van der Waals surface area contributed by atoms with Crippen molar-refractivity contribution in [1.29, 1.82) is 0 Å². The molecule has 1 aromatic carbocycles. The number of halogens is 1.